The Kier molecular flexibility index (Phi) is 5.15. The molecule has 0 spiro atoms. The Morgan fingerprint density at radius 3 is 2.79 bits per heavy atom. The minimum atomic E-state index is -0.148. The normalized spacial score (nSPS) is 11.1. The van der Waals surface area contributed by atoms with Gasteiger partial charge in [0, 0.05) is 23.4 Å². The summed E-state index contributed by atoms with van der Waals surface area (Å²) in [5, 5.41) is 10.8. The molecule has 1 N–H and O–H groups in total. The second kappa shape index (κ2) is 7.73. The highest BCUT2D eigenvalue weighted by atomic mass is 32.1. The topological polar surface area (TPSA) is 69.0 Å². The van der Waals surface area contributed by atoms with E-state index in [1.54, 1.807) is 0 Å². The first-order valence-electron chi connectivity index (χ1n) is 8.98. The van der Waals surface area contributed by atoms with Crippen molar-refractivity contribution in [2.24, 2.45) is 7.05 Å². The first kappa shape index (κ1) is 18.6. The van der Waals surface area contributed by atoms with Gasteiger partial charge in [0.05, 0.1) is 22.9 Å². The molecular formula is C20H20N4O2S2. The van der Waals surface area contributed by atoms with Crippen LogP contribution in [0.4, 0.5) is 5.13 Å². The van der Waals surface area contributed by atoms with Crippen LogP contribution in [0.2, 0.25) is 0 Å². The lowest BCUT2D eigenvalue weighted by molar-refractivity contribution is 0.103. The third-order valence-electron chi connectivity index (χ3n) is 4.27. The molecule has 0 bridgehead atoms. The van der Waals surface area contributed by atoms with Crippen molar-refractivity contribution in [1.29, 1.82) is 0 Å². The number of aryl methyl sites for hydroxylation is 2. The summed E-state index contributed by atoms with van der Waals surface area (Å²) in [7, 11) is 1.89. The van der Waals surface area contributed by atoms with Crippen molar-refractivity contribution in [2.45, 2.75) is 20.3 Å². The van der Waals surface area contributed by atoms with Gasteiger partial charge in [0.15, 0.2) is 5.13 Å². The molecule has 3 aromatic heterocycles. The number of thiophene rings is 1. The van der Waals surface area contributed by atoms with Gasteiger partial charge in [-0.2, -0.15) is 5.10 Å². The number of benzene rings is 1. The number of nitrogens with one attached hydrogen (secondary N) is 1. The van der Waals surface area contributed by atoms with Crippen molar-refractivity contribution in [3.05, 3.63) is 46.3 Å². The smallest absolute Gasteiger partial charge is 0.267 e. The maximum absolute atomic E-state index is 12.6. The SMILES string of the molecule is CCCOc1ccc(-c2csc(NC(=O)c3cc4c(C)nn(C)c4s3)n2)cc1. The molecule has 0 fully saturated rings. The molecule has 0 unspecified atom stereocenters. The summed E-state index contributed by atoms with van der Waals surface area (Å²) in [4.78, 5) is 18.8. The van der Waals surface area contributed by atoms with Gasteiger partial charge in [-0.25, -0.2) is 4.98 Å². The molecule has 8 heteroatoms. The molecule has 1 aromatic carbocycles. The third-order valence-corrected chi connectivity index (χ3v) is 6.23. The number of thiazole rings is 1. The lowest BCUT2D eigenvalue weighted by atomic mass is 10.2. The van der Waals surface area contributed by atoms with E-state index in [4.69, 9.17) is 4.74 Å². The third kappa shape index (κ3) is 3.65. The number of carbonyl (C=O) groups is 1. The standard InChI is InChI=1S/C20H20N4O2S2/c1-4-9-26-14-7-5-13(6-8-14)16-11-27-20(21-16)22-18(25)17-10-15-12(2)23-24(3)19(15)28-17/h5-8,10-11H,4,9H2,1-3H3,(H,21,22,25). The molecule has 144 valence electrons. The zero-order valence-corrected chi connectivity index (χ0v) is 17.5. The second-order valence-corrected chi connectivity index (χ2v) is 8.29. The summed E-state index contributed by atoms with van der Waals surface area (Å²) in [6.07, 6.45) is 0.979. The van der Waals surface area contributed by atoms with Gasteiger partial charge in [-0.05, 0) is 43.7 Å². The maximum Gasteiger partial charge on any atom is 0.267 e. The predicted molar refractivity (Wildman–Crippen MR) is 115 cm³/mol. The lowest BCUT2D eigenvalue weighted by Crippen LogP contribution is -2.09. The zero-order valence-electron chi connectivity index (χ0n) is 15.9. The van der Waals surface area contributed by atoms with Gasteiger partial charge in [0.1, 0.15) is 10.6 Å². The molecule has 3 heterocycles. The summed E-state index contributed by atoms with van der Waals surface area (Å²) >= 11 is 2.85. The van der Waals surface area contributed by atoms with E-state index >= 15 is 0 Å². The minimum absolute atomic E-state index is 0.148. The highest BCUT2D eigenvalue weighted by Gasteiger charge is 2.16. The number of aromatic nitrogens is 3. The number of carbonyl (C=O) groups excluding carboxylic acids is 1. The van der Waals surface area contributed by atoms with Crippen LogP contribution < -0.4 is 10.1 Å². The van der Waals surface area contributed by atoms with Crippen LogP contribution in [0.3, 0.4) is 0 Å². The molecule has 4 aromatic rings. The average molecular weight is 413 g/mol. The molecule has 0 atom stereocenters. The van der Waals surface area contributed by atoms with Gasteiger partial charge in [-0.3, -0.25) is 14.8 Å². The van der Waals surface area contributed by atoms with Gasteiger partial charge >= 0.3 is 0 Å². The number of nitrogens with zero attached hydrogens (tertiary/aromatic N) is 3. The minimum Gasteiger partial charge on any atom is -0.494 e. The molecule has 4 rings (SSSR count). The molecule has 6 nitrogen and oxygen atoms in total. The van der Waals surface area contributed by atoms with Crippen LogP contribution in [0.15, 0.2) is 35.7 Å². The Labute approximate surface area is 170 Å². The van der Waals surface area contributed by atoms with Gasteiger partial charge in [-0.15, -0.1) is 22.7 Å². The molecule has 0 aliphatic carbocycles. The predicted octanol–water partition coefficient (Wildman–Crippen LogP) is 5.11. The van der Waals surface area contributed by atoms with E-state index in [2.05, 4.69) is 22.3 Å². The van der Waals surface area contributed by atoms with E-state index < -0.39 is 0 Å². The van der Waals surface area contributed by atoms with Gasteiger partial charge in [0.25, 0.3) is 5.91 Å². The van der Waals surface area contributed by atoms with Crippen molar-refractivity contribution in [1.82, 2.24) is 14.8 Å². The molecular weight excluding hydrogens is 392 g/mol. The average Bonchev–Trinajstić information content (AvgIpc) is 3.39. The first-order valence-corrected chi connectivity index (χ1v) is 10.7. The Morgan fingerprint density at radius 2 is 2.07 bits per heavy atom. The van der Waals surface area contributed by atoms with Crippen LogP contribution in [-0.4, -0.2) is 27.3 Å². The summed E-state index contributed by atoms with van der Waals surface area (Å²) in [6.45, 7) is 4.73. The van der Waals surface area contributed by atoms with Crippen molar-refractivity contribution < 1.29 is 9.53 Å². The number of amides is 1. The van der Waals surface area contributed by atoms with Crippen LogP contribution in [0.5, 0.6) is 5.75 Å². The number of hydrogen-bond acceptors (Lipinski definition) is 6. The number of ether oxygens (including phenoxy) is 1. The molecule has 28 heavy (non-hydrogen) atoms. The Balaban J connectivity index is 1.47. The fourth-order valence-electron chi connectivity index (χ4n) is 2.88. The van der Waals surface area contributed by atoms with Crippen molar-refractivity contribution >= 4 is 43.9 Å². The van der Waals surface area contributed by atoms with E-state index in [1.807, 2.05) is 54.4 Å². The van der Waals surface area contributed by atoms with Crippen molar-refractivity contribution in [2.75, 3.05) is 11.9 Å². The summed E-state index contributed by atoms with van der Waals surface area (Å²) in [5.74, 6) is 0.703. The first-order chi connectivity index (χ1) is 13.5. The van der Waals surface area contributed by atoms with E-state index in [0.29, 0.717) is 16.6 Å². The fourth-order valence-corrected chi connectivity index (χ4v) is 4.61. The van der Waals surface area contributed by atoms with Crippen LogP contribution in [0, 0.1) is 6.92 Å². The number of anilines is 1. The van der Waals surface area contributed by atoms with E-state index in [1.165, 1.54) is 22.7 Å². The van der Waals surface area contributed by atoms with Crippen molar-refractivity contribution in [3.8, 4) is 17.0 Å². The van der Waals surface area contributed by atoms with Crippen molar-refractivity contribution in [3.63, 3.8) is 0 Å². The monoisotopic (exact) mass is 412 g/mol. The number of rotatable bonds is 6. The molecule has 0 saturated heterocycles. The summed E-state index contributed by atoms with van der Waals surface area (Å²) < 4.78 is 7.42. The van der Waals surface area contributed by atoms with Crippen LogP contribution in [0.1, 0.15) is 28.7 Å². The highest BCUT2D eigenvalue weighted by molar-refractivity contribution is 7.20. The Bertz CT molecular complexity index is 1090. The lowest BCUT2D eigenvalue weighted by Gasteiger charge is -2.04. The largest absolute Gasteiger partial charge is 0.494 e. The maximum atomic E-state index is 12.6. The number of hydrogen-bond donors (Lipinski definition) is 1. The van der Waals surface area contributed by atoms with E-state index in [9.17, 15) is 4.79 Å². The fraction of sp³-hybridized carbons (Fsp3) is 0.250. The molecule has 0 aliphatic rings. The Hall–Kier alpha value is -2.71. The molecule has 1 amide bonds. The van der Waals surface area contributed by atoms with Crippen LogP contribution >= 0.6 is 22.7 Å². The van der Waals surface area contributed by atoms with Gasteiger partial charge < -0.3 is 4.74 Å². The number of fused-ring (bicyclic) bond motifs is 1. The Morgan fingerprint density at radius 1 is 1.29 bits per heavy atom. The summed E-state index contributed by atoms with van der Waals surface area (Å²) in [5.41, 5.74) is 2.75. The second-order valence-electron chi connectivity index (χ2n) is 6.40. The van der Waals surface area contributed by atoms with E-state index in [0.717, 1.165) is 39.3 Å². The van der Waals surface area contributed by atoms with Crippen LogP contribution in [-0.2, 0) is 7.05 Å². The highest BCUT2D eigenvalue weighted by Crippen LogP contribution is 2.30. The van der Waals surface area contributed by atoms with Crippen LogP contribution in [0.25, 0.3) is 21.5 Å². The summed E-state index contributed by atoms with van der Waals surface area (Å²) in [6, 6.07) is 9.73. The molecule has 0 radical (unpaired) electrons. The van der Waals surface area contributed by atoms with Gasteiger partial charge in [-0.1, -0.05) is 6.92 Å². The quantitative estimate of drug-likeness (QED) is 0.478. The zero-order chi connectivity index (χ0) is 19.7. The van der Waals surface area contributed by atoms with E-state index in [-0.39, 0.29) is 5.91 Å². The van der Waals surface area contributed by atoms with Gasteiger partial charge in [0.2, 0.25) is 0 Å². The molecule has 0 aliphatic heterocycles. The molecule has 0 saturated carbocycles.